The number of aryl methyl sites for hydroxylation is 1. The molecule has 1 atom stereocenters. The quantitative estimate of drug-likeness (QED) is 0.773. The summed E-state index contributed by atoms with van der Waals surface area (Å²) in [5, 5.41) is 0. The van der Waals surface area contributed by atoms with Crippen LogP contribution in [-0.4, -0.2) is 18.5 Å². The number of hydrogen-bond donors (Lipinski definition) is 1. The topological polar surface area (TPSA) is 29.3 Å². The number of anilines is 1. The minimum absolute atomic E-state index is 0.746. The first-order valence-electron chi connectivity index (χ1n) is 6.06. The summed E-state index contributed by atoms with van der Waals surface area (Å²) in [7, 11) is 2.16. The lowest BCUT2D eigenvalue weighted by molar-refractivity contribution is 0.275. The highest BCUT2D eigenvalue weighted by Gasteiger charge is 2.07. The maximum absolute atomic E-state index is 5.97. The van der Waals surface area contributed by atoms with Crippen LogP contribution in [0.25, 0.3) is 0 Å². The van der Waals surface area contributed by atoms with Gasteiger partial charge in [-0.25, -0.2) is 0 Å². The molecule has 0 amide bonds. The van der Waals surface area contributed by atoms with E-state index in [9.17, 15) is 0 Å². The van der Waals surface area contributed by atoms with E-state index in [1.54, 1.807) is 0 Å². The highest BCUT2D eigenvalue weighted by Crippen LogP contribution is 2.16. The average Bonchev–Trinajstić information content (AvgIpc) is 2.23. The SMILES string of the molecule is CCC(C)CN(C)Cc1cc(C)ccc1N. The third-order valence-electron chi connectivity index (χ3n) is 3.06. The fraction of sp³-hybridized carbons (Fsp3) is 0.571. The van der Waals surface area contributed by atoms with Gasteiger partial charge in [0.1, 0.15) is 0 Å². The highest BCUT2D eigenvalue weighted by atomic mass is 15.1. The first-order chi connectivity index (χ1) is 7.52. The molecule has 2 nitrogen and oxygen atoms in total. The van der Waals surface area contributed by atoms with Crippen LogP contribution in [0.3, 0.4) is 0 Å². The van der Waals surface area contributed by atoms with Gasteiger partial charge in [-0.2, -0.15) is 0 Å². The molecule has 0 spiro atoms. The average molecular weight is 220 g/mol. The van der Waals surface area contributed by atoms with Gasteiger partial charge in [0.15, 0.2) is 0 Å². The van der Waals surface area contributed by atoms with Crippen molar-refractivity contribution in [3.63, 3.8) is 0 Å². The van der Waals surface area contributed by atoms with Crippen molar-refractivity contribution in [1.82, 2.24) is 4.90 Å². The number of benzene rings is 1. The monoisotopic (exact) mass is 220 g/mol. The zero-order valence-corrected chi connectivity index (χ0v) is 11.0. The van der Waals surface area contributed by atoms with Crippen molar-refractivity contribution < 1.29 is 0 Å². The van der Waals surface area contributed by atoms with E-state index in [1.165, 1.54) is 17.5 Å². The van der Waals surface area contributed by atoms with Gasteiger partial charge in [-0.3, -0.25) is 0 Å². The van der Waals surface area contributed by atoms with Crippen LogP contribution in [0.4, 0.5) is 5.69 Å². The Morgan fingerprint density at radius 3 is 2.69 bits per heavy atom. The Kier molecular flexibility index (Phi) is 4.81. The molecule has 0 aliphatic heterocycles. The van der Waals surface area contributed by atoms with Crippen LogP contribution in [0, 0.1) is 12.8 Å². The number of nitrogen functional groups attached to an aromatic ring is 1. The molecule has 16 heavy (non-hydrogen) atoms. The molecule has 90 valence electrons. The van der Waals surface area contributed by atoms with Gasteiger partial charge >= 0.3 is 0 Å². The summed E-state index contributed by atoms with van der Waals surface area (Å²) in [6, 6.07) is 6.25. The summed E-state index contributed by atoms with van der Waals surface area (Å²) >= 11 is 0. The Morgan fingerprint density at radius 2 is 2.06 bits per heavy atom. The number of nitrogens with two attached hydrogens (primary N) is 1. The highest BCUT2D eigenvalue weighted by molar-refractivity contribution is 5.48. The first kappa shape index (κ1) is 13.0. The fourth-order valence-electron chi connectivity index (χ4n) is 1.89. The van der Waals surface area contributed by atoms with Crippen LogP contribution in [0.15, 0.2) is 18.2 Å². The van der Waals surface area contributed by atoms with Gasteiger partial charge in [-0.1, -0.05) is 38.0 Å². The normalized spacial score (nSPS) is 13.1. The minimum Gasteiger partial charge on any atom is -0.398 e. The Bertz CT molecular complexity index is 334. The molecule has 0 bridgehead atoms. The predicted octanol–water partition coefficient (Wildman–Crippen LogP) is 3.06. The van der Waals surface area contributed by atoms with Gasteiger partial charge in [0.25, 0.3) is 0 Å². The number of nitrogens with zero attached hydrogens (tertiary/aromatic N) is 1. The summed E-state index contributed by atoms with van der Waals surface area (Å²) in [6.45, 7) is 8.70. The van der Waals surface area contributed by atoms with E-state index in [0.29, 0.717) is 0 Å². The van der Waals surface area contributed by atoms with E-state index in [0.717, 1.165) is 24.7 Å². The molecule has 0 aliphatic rings. The molecule has 1 rings (SSSR count). The Hall–Kier alpha value is -1.02. The molecule has 2 heteroatoms. The number of rotatable bonds is 5. The van der Waals surface area contributed by atoms with Gasteiger partial charge in [0, 0.05) is 18.8 Å². The van der Waals surface area contributed by atoms with E-state index in [4.69, 9.17) is 5.73 Å². The van der Waals surface area contributed by atoms with E-state index in [2.05, 4.69) is 44.9 Å². The lowest BCUT2D eigenvalue weighted by atomic mass is 10.1. The smallest absolute Gasteiger partial charge is 0.0359 e. The van der Waals surface area contributed by atoms with Gasteiger partial charge in [-0.15, -0.1) is 0 Å². The van der Waals surface area contributed by atoms with Gasteiger partial charge < -0.3 is 10.6 Å². The molecule has 0 saturated heterocycles. The second-order valence-corrected chi connectivity index (χ2v) is 4.91. The predicted molar refractivity (Wildman–Crippen MR) is 71.4 cm³/mol. The first-order valence-corrected chi connectivity index (χ1v) is 6.06. The molecular weight excluding hydrogens is 196 g/mol. The lowest BCUT2D eigenvalue weighted by Gasteiger charge is -2.21. The third kappa shape index (κ3) is 3.86. The standard InChI is InChI=1S/C14H24N2/c1-5-11(2)9-16(4)10-13-8-12(3)6-7-14(13)15/h6-8,11H,5,9-10,15H2,1-4H3. The van der Waals surface area contributed by atoms with Gasteiger partial charge in [-0.05, 0) is 31.5 Å². The van der Waals surface area contributed by atoms with Gasteiger partial charge in [0.05, 0.1) is 0 Å². The Balaban J connectivity index is 2.61. The van der Waals surface area contributed by atoms with E-state index in [-0.39, 0.29) is 0 Å². The zero-order chi connectivity index (χ0) is 12.1. The molecule has 0 aromatic heterocycles. The molecule has 1 aromatic rings. The minimum atomic E-state index is 0.746. The van der Waals surface area contributed by atoms with Crippen LogP contribution in [0.1, 0.15) is 31.4 Å². The van der Waals surface area contributed by atoms with Crippen LogP contribution in [0.2, 0.25) is 0 Å². The molecule has 0 radical (unpaired) electrons. The Labute approximate surface area is 99.5 Å². The molecule has 1 unspecified atom stereocenters. The van der Waals surface area contributed by atoms with E-state index in [1.807, 2.05) is 6.07 Å². The number of hydrogen-bond acceptors (Lipinski definition) is 2. The van der Waals surface area contributed by atoms with Gasteiger partial charge in [0.2, 0.25) is 0 Å². The molecular formula is C14H24N2. The second-order valence-electron chi connectivity index (χ2n) is 4.91. The molecule has 0 heterocycles. The summed E-state index contributed by atoms with van der Waals surface area (Å²) < 4.78 is 0. The largest absolute Gasteiger partial charge is 0.398 e. The maximum atomic E-state index is 5.97. The zero-order valence-electron chi connectivity index (χ0n) is 11.0. The van der Waals surface area contributed by atoms with Crippen molar-refractivity contribution in [2.75, 3.05) is 19.3 Å². The van der Waals surface area contributed by atoms with E-state index < -0.39 is 0 Å². The third-order valence-corrected chi connectivity index (χ3v) is 3.06. The fourth-order valence-corrected chi connectivity index (χ4v) is 1.89. The summed E-state index contributed by atoms with van der Waals surface area (Å²) in [5.74, 6) is 0.746. The maximum Gasteiger partial charge on any atom is 0.0359 e. The molecule has 0 saturated carbocycles. The second kappa shape index (κ2) is 5.90. The Morgan fingerprint density at radius 1 is 1.38 bits per heavy atom. The van der Waals surface area contributed by atoms with Crippen molar-refractivity contribution in [3.8, 4) is 0 Å². The summed E-state index contributed by atoms with van der Waals surface area (Å²) in [4.78, 5) is 2.35. The lowest BCUT2D eigenvalue weighted by Crippen LogP contribution is -2.24. The van der Waals surface area contributed by atoms with Crippen molar-refractivity contribution in [3.05, 3.63) is 29.3 Å². The summed E-state index contributed by atoms with van der Waals surface area (Å²) in [6.07, 6.45) is 1.23. The van der Waals surface area contributed by atoms with Crippen LogP contribution in [0.5, 0.6) is 0 Å². The van der Waals surface area contributed by atoms with Crippen molar-refractivity contribution in [2.24, 2.45) is 5.92 Å². The molecule has 0 aliphatic carbocycles. The summed E-state index contributed by atoms with van der Waals surface area (Å²) in [5.41, 5.74) is 9.40. The van der Waals surface area contributed by atoms with Crippen molar-refractivity contribution in [1.29, 1.82) is 0 Å². The van der Waals surface area contributed by atoms with Crippen LogP contribution in [-0.2, 0) is 6.54 Å². The van der Waals surface area contributed by atoms with Crippen LogP contribution >= 0.6 is 0 Å². The molecule has 0 fully saturated rings. The van der Waals surface area contributed by atoms with Crippen molar-refractivity contribution in [2.45, 2.75) is 33.7 Å². The van der Waals surface area contributed by atoms with E-state index >= 15 is 0 Å². The molecule has 2 N–H and O–H groups in total. The molecule has 1 aromatic carbocycles. The van der Waals surface area contributed by atoms with Crippen molar-refractivity contribution >= 4 is 5.69 Å². The van der Waals surface area contributed by atoms with Crippen LogP contribution < -0.4 is 5.73 Å².